The second kappa shape index (κ2) is 8.47. The molecule has 0 spiro atoms. The van der Waals surface area contributed by atoms with Crippen molar-refractivity contribution in [2.75, 3.05) is 11.1 Å². The molecule has 2 aromatic carbocycles. The lowest BCUT2D eigenvalue weighted by Gasteiger charge is -2.04. The summed E-state index contributed by atoms with van der Waals surface area (Å²) in [7, 11) is 0. The maximum atomic E-state index is 12.9. The second-order valence-corrected chi connectivity index (χ2v) is 7.98. The summed E-state index contributed by atoms with van der Waals surface area (Å²) in [5.74, 6) is 0.309. The number of nitrogens with zero attached hydrogens (tertiary/aromatic N) is 1. The van der Waals surface area contributed by atoms with Gasteiger partial charge in [-0.3, -0.25) is 4.79 Å². The summed E-state index contributed by atoms with van der Waals surface area (Å²) in [6.45, 7) is 4.13. The van der Waals surface area contributed by atoms with Crippen molar-refractivity contribution in [3.8, 4) is 11.3 Å². The Hall–Kier alpha value is -2.18. The summed E-state index contributed by atoms with van der Waals surface area (Å²) < 4.78 is 12.9. The Morgan fingerprint density at radius 1 is 1.19 bits per heavy atom. The van der Waals surface area contributed by atoms with Gasteiger partial charge in [0.1, 0.15) is 5.82 Å². The predicted molar refractivity (Wildman–Crippen MR) is 107 cm³/mol. The summed E-state index contributed by atoms with van der Waals surface area (Å²) in [5, 5.41) is 5.42. The van der Waals surface area contributed by atoms with Crippen molar-refractivity contribution >= 4 is 34.1 Å². The summed E-state index contributed by atoms with van der Waals surface area (Å²) >= 11 is 2.95. The Morgan fingerprint density at radius 3 is 2.69 bits per heavy atom. The van der Waals surface area contributed by atoms with Crippen molar-refractivity contribution in [2.24, 2.45) is 0 Å². The molecule has 1 heterocycles. The van der Waals surface area contributed by atoms with Crippen LogP contribution >= 0.6 is 23.1 Å². The number of anilines is 1. The minimum atomic E-state index is -0.254. The van der Waals surface area contributed by atoms with E-state index in [9.17, 15) is 9.18 Å². The minimum absolute atomic E-state index is 0.0684. The predicted octanol–water partition coefficient (Wildman–Crippen LogP) is 5.69. The third-order valence-electron chi connectivity index (χ3n) is 3.82. The van der Waals surface area contributed by atoms with E-state index >= 15 is 0 Å². The molecule has 0 unspecified atom stereocenters. The second-order valence-electron chi connectivity index (χ2n) is 5.96. The van der Waals surface area contributed by atoms with Crippen molar-refractivity contribution in [1.29, 1.82) is 0 Å². The van der Waals surface area contributed by atoms with E-state index in [-0.39, 0.29) is 11.7 Å². The zero-order valence-corrected chi connectivity index (χ0v) is 16.2. The van der Waals surface area contributed by atoms with Crippen LogP contribution in [0.25, 0.3) is 11.3 Å². The lowest BCUT2D eigenvalue weighted by molar-refractivity contribution is -0.115. The van der Waals surface area contributed by atoms with Gasteiger partial charge in [-0.05, 0) is 43.7 Å². The van der Waals surface area contributed by atoms with E-state index in [1.54, 1.807) is 12.1 Å². The highest BCUT2D eigenvalue weighted by atomic mass is 32.2. The first-order chi connectivity index (χ1) is 12.5. The van der Waals surface area contributed by atoms with E-state index in [4.69, 9.17) is 0 Å². The standard InChI is InChI=1S/C20H19FN2OS2/c1-13-3-8-17(14(2)11-13)18-12-26-20(22-18)23-19(24)9-10-25-16-6-4-15(21)5-7-16/h3-8,11-12H,9-10H2,1-2H3,(H,22,23,24). The first-order valence-corrected chi connectivity index (χ1v) is 10.1. The molecule has 0 aliphatic heterocycles. The van der Waals surface area contributed by atoms with E-state index in [1.165, 1.54) is 46.4 Å². The number of nitrogens with one attached hydrogen (secondary N) is 1. The first kappa shape index (κ1) is 18.6. The summed E-state index contributed by atoms with van der Waals surface area (Å²) in [6.07, 6.45) is 0.376. The highest BCUT2D eigenvalue weighted by Crippen LogP contribution is 2.28. The lowest BCUT2D eigenvalue weighted by atomic mass is 10.0. The van der Waals surface area contributed by atoms with Crippen LogP contribution in [0.1, 0.15) is 17.5 Å². The number of aryl methyl sites for hydroxylation is 2. The van der Waals surface area contributed by atoms with Crippen LogP contribution in [0.4, 0.5) is 9.52 Å². The summed E-state index contributed by atoms with van der Waals surface area (Å²) in [4.78, 5) is 17.6. The van der Waals surface area contributed by atoms with Crippen LogP contribution in [0.2, 0.25) is 0 Å². The van der Waals surface area contributed by atoms with Crippen molar-refractivity contribution in [3.63, 3.8) is 0 Å². The molecule has 0 saturated carbocycles. The average molecular weight is 387 g/mol. The quantitative estimate of drug-likeness (QED) is 0.554. The van der Waals surface area contributed by atoms with Gasteiger partial charge in [-0.2, -0.15) is 0 Å². The van der Waals surface area contributed by atoms with Gasteiger partial charge < -0.3 is 5.32 Å². The highest BCUT2D eigenvalue weighted by Gasteiger charge is 2.10. The van der Waals surface area contributed by atoms with Gasteiger partial charge in [-0.1, -0.05) is 23.8 Å². The fraction of sp³-hybridized carbons (Fsp3) is 0.200. The van der Waals surface area contributed by atoms with Gasteiger partial charge in [-0.15, -0.1) is 23.1 Å². The maximum Gasteiger partial charge on any atom is 0.226 e. The van der Waals surface area contributed by atoms with Crippen LogP contribution in [0.3, 0.4) is 0 Å². The molecule has 26 heavy (non-hydrogen) atoms. The zero-order chi connectivity index (χ0) is 18.5. The Labute approximate surface area is 160 Å². The van der Waals surface area contributed by atoms with Gasteiger partial charge in [-0.25, -0.2) is 9.37 Å². The van der Waals surface area contributed by atoms with E-state index in [0.717, 1.165) is 16.2 Å². The number of thiazole rings is 1. The minimum Gasteiger partial charge on any atom is -0.302 e. The Kier molecular flexibility index (Phi) is 6.06. The highest BCUT2D eigenvalue weighted by molar-refractivity contribution is 7.99. The third kappa shape index (κ3) is 4.93. The number of hydrogen-bond donors (Lipinski definition) is 1. The molecular weight excluding hydrogens is 367 g/mol. The van der Waals surface area contributed by atoms with Gasteiger partial charge in [0.2, 0.25) is 5.91 Å². The van der Waals surface area contributed by atoms with Crippen LogP contribution in [-0.4, -0.2) is 16.6 Å². The van der Waals surface area contributed by atoms with E-state index in [1.807, 2.05) is 5.38 Å². The third-order valence-corrected chi connectivity index (χ3v) is 5.59. The smallest absolute Gasteiger partial charge is 0.226 e. The molecule has 3 rings (SSSR count). The largest absolute Gasteiger partial charge is 0.302 e. The number of rotatable bonds is 6. The lowest BCUT2D eigenvalue weighted by Crippen LogP contribution is -2.11. The maximum absolute atomic E-state index is 12.9. The number of aromatic nitrogens is 1. The van der Waals surface area contributed by atoms with E-state index < -0.39 is 0 Å². The summed E-state index contributed by atoms with van der Waals surface area (Å²) in [5.41, 5.74) is 4.35. The zero-order valence-electron chi connectivity index (χ0n) is 14.6. The van der Waals surface area contributed by atoms with Crippen LogP contribution in [0.15, 0.2) is 52.7 Å². The normalized spacial score (nSPS) is 10.7. The molecule has 1 amide bonds. The molecule has 0 radical (unpaired) electrons. The van der Waals surface area contributed by atoms with Crippen LogP contribution < -0.4 is 5.32 Å². The molecule has 6 heteroatoms. The monoisotopic (exact) mass is 386 g/mol. The molecule has 0 saturated heterocycles. The number of carbonyl (C=O) groups is 1. The molecule has 134 valence electrons. The SMILES string of the molecule is Cc1ccc(-c2csc(NC(=O)CCSc3ccc(F)cc3)n2)c(C)c1. The number of halogens is 1. The van der Waals surface area contributed by atoms with Crippen molar-refractivity contribution < 1.29 is 9.18 Å². The van der Waals surface area contributed by atoms with Gasteiger partial charge >= 0.3 is 0 Å². The van der Waals surface area contributed by atoms with Gasteiger partial charge in [0.25, 0.3) is 0 Å². The molecule has 0 aliphatic rings. The Bertz CT molecular complexity index is 906. The van der Waals surface area contributed by atoms with E-state index in [0.29, 0.717) is 17.3 Å². The van der Waals surface area contributed by atoms with Crippen LogP contribution in [0.5, 0.6) is 0 Å². The number of carbonyl (C=O) groups excluding carboxylic acids is 1. The molecule has 1 aromatic heterocycles. The van der Waals surface area contributed by atoms with Crippen molar-refractivity contribution in [3.05, 3.63) is 64.8 Å². The molecule has 0 bridgehead atoms. The molecular formula is C20H19FN2OS2. The van der Waals surface area contributed by atoms with Crippen LogP contribution in [-0.2, 0) is 4.79 Å². The fourth-order valence-corrected chi connectivity index (χ4v) is 4.11. The average Bonchev–Trinajstić information content (AvgIpc) is 3.04. The van der Waals surface area contributed by atoms with Crippen LogP contribution in [0, 0.1) is 19.7 Å². The molecule has 3 aromatic rings. The van der Waals surface area contributed by atoms with E-state index in [2.05, 4.69) is 42.3 Å². The first-order valence-electron chi connectivity index (χ1n) is 8.22. The Balaban J connectivity index is 1.53. The fourth-order valence-electron chi connectivity index (χ4n) is 2.53. The topological polar surface area (TPSA) is 42.0 Å². The van der Waals surface area contributed by atoms with Crippen molar-refractivity contribution in [1.82, 2.24) is 4.98 Å². The molecule has 0 aliphatic carbocycles. The van der Waals surface area contributed by atoms with Gasteiger partial charge in [0.15, 0.2) is 5.13 Å². The van der Waals surface area contributed by atoms with Crippen molar-refractivity contribution in [2.45, 2.75) is 25.2 Å². The number of hydrogen-bond acceptors (Lipinski definition) is 4. The molecule has 1 N–H and O–H groups in total. The molecule has 0 atom stereocenters. The number of benzene rings is 2. The number of thioether (sulfide) groups is 1. The Morgan fingerprint density at radius 2 is 1.96 bits per heavy atom. The molecule has 0 fully saturated rings. The number of amides is 1. The van der Waals surface area contributed by atoms with Gasteiger partial charge in [0.05, 0.1) is 5.69 Å². The molecule has 3 nitrogen and oxygen atoms in total. The summed E-state index contributed by atoms with van der Waals surface area (Å²) in [6, 6.07) is 12.5. The van der Waals surface area contributed by atoms with Gasteiger partial charge in [0, 0.05) is 28.0 Å².